The average molecular weight is 330 g/mol. The minimum atomic E-state index is 0.127. The molecular weight excluding hydrogens is 321 g/mol. The van der Waals surface area contributed by atoms with Gasteiger partial charge in [-0.15, -0.1) is 0 Å². The van der Waals surface area contributed by atoms with Crippen LogP contribution in [0.4, 0.5) is 5.69 Å². The number of imidazole rings is 1. The monoisotopic (exact) mass is 329 g/mol. The highest BCUT2D eigenvalue weighted by Gasteiger charge is 2.09. The Balaban J connectivity index is 1.91. The molecule has 0 bridgehead atoms. The Labute approximate surface area is 136 Å². The van der Waals surface area contributed by atoms with E-state index in [9.17, 15) is 5.26 Å². The predicted octanol–water partition coefficient (Wildman–Crippen LogP) is 4.21. The summed E-state index contributed by atoms with van der Waals surface area (Å²) in [5.74, 6) is 0.390. The number of fused-ring (bicyclic) bond motifs is 1. The zero-order chi connectivity index (χ0) is 15.5. The van der Waals surface area contributed by atoms with Crippen molar-refractivity contribution in [3.05, 3.63) is 58.3 Å². The number of para-hydroxylation sites is 2. The average Bonchev–Trinajstić information content (AvgIpc) is 2.93. The van der Waals surface area contributed by atoms with Crippen LogP contribution < -0.4 is 5.43 Å². The normalized spacial score (nSPS) is 11.4. The van der Waals surface area contributed by atoms with E-state index in [1.54, 1.807) is 18.2 Å². The fourth-order valence-electron chi connectivity index (χ4n) is 1.89. The van der Waals surface area contributed by atoms with Crippen LogP contribution in [0.3, 0.4) is 0 Å². The number of rotatable bonds is 3. The highest BCUT2D eigenvalue weighted by Crippen LogP contribution is 2.25. The topological polar surface area (TPSA) is 76.9 Å². The Kier molecular flexibility index (Phi) is 3.96. The number of aromatic nitrogens is 2. The first-order valence-electron chi connectivity index (χ1n) is 6.31. The molecule has 0 radical (unpaired) electrons. The number of nitriles is 1. The van der Waals surface area contributed by atoms with Gasteiger partial charge in [-0.1, -0.05) is 35.3 Å². The molecule has 22 heavy (non-hydrogen) atoms. The Morgan fingerprint density at radius 1 is 1.23 bits per heavy atom. The molecule has 108 valence electrons. The van der Waals surface area contributed by atoms with Gasteiger partial charge in [-0.25, -0.2) is 4.98 Å². The van der Waals surface area contributed by atoms with E-state index >= 15 is 0 Å². The van der Waals surface area contributed by atoms with Gasteiger partial charge in [0.2, 0.25) is 5.71 Å². The summed E-state index contributed by atoms with van der Waals surface area (Å²) in [5.41, 5.74) is 5.03. The molecule has 0 spiro atoms. The van der Waals surface area contributed by atoms with Crippen molar-refractivity contribution in [2.45, 2.75) is 0 Å². The van der Waals surface area contributed by atoms with E-state index in [-0.39, 0.29) is 5.71 Å². The van der Waals surface area contributed by atoms with E-state index in [0.717, 1.165) is 11.0 Å². The number of nitrogens with one attached hydrogen (secondary N) is 2. The molecular formula is C15H9Cl2N5. The van der Waals surface area contributed by atoms with Gasteiger partial charge in [0.05, 0.1) is 21.7 Å². The number of hydrogen-bond acceptors (Lipinski definition) is 4. The second kappa shape index (κ2) is 6.06. The third-order valence-corrected chi connectivity index (χ3v) is 3.49. The molecule has 1 aromatic heterocycles. The maximum atomic E-state index is 9.26. The van der Waals surface area contributed by atoms with Crippen molar-refractivity contribution in [3.63, 3.8) is 0 Å². The van der Waals surface area contributed by atoms with Gasteiger partial charge in [0.1, 0.15) is 6.07 Å². The molecule has 0 saturated carbocycles. The van der Waals surface area contributed by atoms with Crippen LogP contribution in [0.2, 0.25) is 10.0 Å². The fraction of sp³-hybridized carbons (Fsp3) is 0. The zero-order valence-corrected chi connectivity index (χ0v) is 12.7. The molecule has 0 aliphatic rings. The largest absolute Gasteiger partial charge is 0.336 e. The lowest BCUT2D eigenvalue weighted by molar-refractivity contribution is 1.25. The predicted molar refractivity (Wildman–Crippen MR) is 88.3 cm³/mol. The van der Waals surface area contributed by atoms with Crippen molar-refractivity contribution >= 4 is 45.6 Å². The lowest BCUT2D eigenvalue weighted by Crippen LogP contribution is -2.04. The van der Waals surface area contributed by atoms with Crippen molar-refractivity contribution in [3.8, 4) is 6.07 Å². The molecule has 1 heterocycles. The first-order valence-corrected chi connectivity index (χ1v) is 7.07. The Morgan fingerprint density at radius 3 is 2.77 bits per heavy atom. The smallest absolute Gasteiger partial charge is 0.203 e. The molecule has 2 N–H and O–H groups in total. The van der Waals surface area contributed by atoms with E-state index in [4.69, 9.17) is 23.2 Å². The summed E-state index contributed by atoms with van der Waals surface area (Å²) < 4.78 is 0. The molecule has 0 aliphatic carbocycles. The lowest BCUT2D eigenvalue weighted by atomic mass is 10.3. The van der Waals surface area contributed by atoms with Gasteiger partial charge in [0.25, 0.3) is 0 Å². The highest BCUT2D eigenvalue weighted by molar-refractivity contribution is 6.36. The van der Waals surface area contributed by atoms with Gasteiger partial charge in [0, 0.05) is 5.02 Å². The molecule has 0 amide bonds. The summed E-state index contributed by atoms with van der Waals surface area (Å²) in [6, 6.07) is 14.5. The number of H-pyrrole nitrogens is 1. The Morgan fingerprint density at radius 2 is 2.05 bits per heavy atom. The third kappa shape index (κ3) is 2.89. The zero-order valence-electron chi connectivity index (χ0n) is 11.1. The van der Waals surface area contributed by atoms with E-state index in [1.807, 2.05) is 30.3 Å². The molecule has 0 atom stereocenters. The van der Waals surface area contributed by atoms with Crippen molar-refractivity contribution in [2.75, 3.05) is 5.43 Å². The van der Waals surface area contributed by atoms with Crippen LogP contribution in [-0.4, -0.2) is 15.7 Å². The second-order valence-corrected chi connectivity index (χ2v) is 5.25. The van der Waals surface area contributed by atoms with Gasteiger partial charge >= 0.3 is 0 Å². The molecule has 5 nitrogen and oxygen atoms in total. The standard InChI is InChI=1S/C15H9Cl2N5/c16-9-5-6-11(10(17)7-9)21-22-14(8-18)15-19-12-3-1-2-4-13(12)20-15/h1-7,21H,(H,19,20)/b22-14-. The molecule has 0 unspecified atom stereocenters. The minimum absolute atomic E-state index is 0.127. The first-order chi connectivity index (χ1) is 10.7. The number of halogens is 2. The van der Waals surface area contributed by atoms with Crippen LogP contribution in [0.15, 0.2) is 47.6 Å². The van der Waals surface area contributed by atoms with Crippen LogP contribution >= 0.6 is 23.2 Å². The summed E-state index contributed by atoms with van der Waals surface area (Å²) >= 11 is 11.9. The van der Waals surface area contributed by atoms with Crippen molar-refractivity contribution in [1.82, 2.24) is 9.97 Å². The number of hydrazone groups is 1. The van der Waals surface area contributed by atoms with Crippen LogP contribution in [0.5, 0.6) is 0 Å². The van der Waals surface area contributed by atoms with Crippen LogP contribution in [-0.2, 0) is 0 Å². The number of anilines is 1. The fourth-order valence-corrected chi connectivity index (χ4v) is 2.34. The number of hydrogen-bond donors (Lipinski definition) is 2. The molecule has 0 saturated heterocycles. The van der Waals surface area contributed by atoms with Gasteiger partial charge in [-0.2, -0.15) is 10.4 Å². The van der Waals surface area contributed by atoms with E-state index in [1.165, 1.54) is 0 Å². The molecule has 7 heteroatoms. The highest BCUT2D eigenvalue weighted by atomic mass is 35.5. The minimum Gasteiger partial charge on any atom is -0.336 e. The number of benzene rings is 2. The lowest BCUT2D eigenvalue weighted by Gasteiger charge is -2.03. The van der Waals surface area contributed by atoms with Crippen LogP contribution in [0, 0.1) is 11.3 Å². The SMILES string of the molecule is N#C/C(=N/Nc1ccc(Cl)cc1Cl)c1nc2ccccc2[nH]1. The maximum Gasteiger partial charge on any atom is 0.203 e. The molecule has 3 aromatic rings. The quantitative estimate of drug-likeness (QED) is 0.558. The maximum absolute atomic E-state index is 9.26. The van der Waals surface area contributed by atoms with Crippen molar-refractivity contribution in [2.24, 2.45) is 5.10 Å². The summed E-state index contributed by atoms with van der Waals surface area (Å²) in [6.07, 6.45) is 0. The van der Waals surface area contributed by atoms with Gasteiger partial charge in [-0.3, -0.25) is 5.43 Å². The van der Waals surface area contributed by atoms with E-state index in [2.05, 4.69) is 20.5 Å². The van der Waals surface area contributed by atoms with Crippen LogP contribution in [0.25, 0.3) is 11.0 Å². The summed E-state index contributed by atoms with van der Waals surface area (Å²) in [7, 11) is 0. The number of aromatic amines is 1. The second-order valence-electron chi connectivity index (χ2n) is 4.41. The molecule has 0 fully saturated rings. The summed E-state index contributed by atoms with van der Waals surface area (Å²) in [5, 5.41) is 14.3. The van der Waals surface area contributed by atoms with Gasteiger partial charge in [-0.05, 0) is 30.3 Å². The van der Waals surface area contributed by atoms with Crippen molar-refractivity contribution < 1.29 is 0 Å². The number of nitrogens with zero attached hydrogens (tertiary/aromatic N) is 3. The molecule has 2 aromatic carbocycles. The van der Waals surface area contributed by atoms with Gasteiger partial charge < -0.3 is 4.98 Å². The first kappa shape index (κ1) is 14.4. The van der Waals surface area contributed by atoms with Crippen molar-refractivity contribution in [1.29, 1.82) is 5.26 Å². The van der Waals surface area contributed by atoms with Gasteiger partial charge in [0.15, 0.2) is 5.82 Å². The molecule has 0 aliphatic heterocycles. The Bertz CT molecular complexity index is 875. The molecule has 3 rings (SSSR count). The summed E-state index contributed by atoms with van der Waals surface area (Å²) in [6.45, 7) is 0. The van der Waals surface area contributed by atoms with E-state index in [0.29, 0.717) is 21.6 Å². The third-order valence-electron chi connectivity index (χ3n) is 2.94. The Hall–Kier alpha value is -2.55. The summed E-state index contributed by atoms with van der Waals surface area (Å²) in [4.78, 5) is 7.38. The van der Waals surface area contributed by atoms with Crippen LogP contribution in [0.1, 0.15) is 5.82 Å². The van der Waals surface area contributed by atoms with E-state index < -0.39 is 0 Å².